The molecule has 3 aromatic rings. The summed E-state index contributed by atoms with van der Waals surface area (Å²) in [4.78, 5) is 34.0. The van der Waals surface area contributed by atoms with Gasteiger partial charge < -0.3 is 5.32 Å². The van der Waals surface area contributed by atoms with E-state index in [9.17, 15) is 19.7 Å². The number of non-ortho nitro benzene ring substituents is 1. The molecule has 0 saturated heterocycles. The molecule has 0 aliphatic heterocycles. The minimum absolute atomic E-state index is 0.0716. The van der Waals surface area contributed by atoms with Crippen LogP contribution in [-0.4, -0.2) is 43.7 Å². The fourth-order valence-corrected chi connectivity index (χ4v) is 3.81. The molecule has 1 heterocycles. The predicted octanol–water partition coefficient (Wildman–Crippen LogP) is 3.48. The Morgan fingerprint density at radius 3 is 2.58 bits per heavy atom. The molecule has 3 rings (SSSR count). The third-order valence-electron chi connectivity index (χ3n) is 4.22. The van der Waals surface area contributed by atoms with Crippen molar-refractivity contribution in [2.75, 3.05) is 12.3 Å². The van der Waals surface area contributed by atoms with Gasteiger partial charge in [-0.15, -0.1) is 10.2 Å². The number of benzene rings is 2. The normalized spacial score (nSPS) is 10.6. The minimum Gasteiger partial charge on any atom is -0.356 e. The number of nitro benzene ring substituents is 1. The van der Waals surface area contributed by atoms with Crippen molar-refractivity contribution in [1.29, 1.82) is 0 Å². The van der Waals surface area contributed by atoms with Crippen molar-refractivity contribution in [2.24, 2.45) is 0 Å². The molecule has 160 valence electrons. The van der Waals surface area contributed by atoms with E-state index in [1.807, 2.05) is 6.07 Å². The lowest BCUT2D eigenvalue weighted by Gasteiger charge is -2.11. The molecule has 0 bridgehead atoms. The minimum atomic E-state index is -0.515. The van der Waals surface area contributed by atoms with Gasteiger partial charge in [0.05, 0.1) is 16.4 Å². The van der Waals surface area contributed by atoms with Gasteiger partial charge in [-0.2, -0.15) is 0 Å². The molecule has 11 heteroatoms. The van der Waals surface area contributed by atoms with E-state index in [4.69, 9.17) is 11.6 Å². The molecule has 0 fully saturated rings. The van der Waals surface area contributed by atoms with Crippen LogP contribution in [0.25, 0.3) is 5.69 Å². The summed E-state index contributed by atoms with van der Waals surface area (Å²) in [5.74, 6) is 0.348. The zero-order valence-electron chi connectivity index (χ0n) is 16.4. The summed E-state index contributed by atoms with van der Waals surface area (Å²) in [5, 5.41) is 22.9. The van der Waals surface area contributed by atoms with E-state index < -0.39 is 4.92 Å². The van der Waals surface area contributed by atoms with Gasteiger partial charge in [0.25, 0.3) is 5.69 Å². The van der Waals surface area contributed by atoms with E-state index in [1.165, 1.54) is 43.0 Å². The summed E-state index contributed by atoms with van der Waals surface area (Å²) in [6.45, 7) is 1.83. The molecule has 0 aliphatic rings. The maximum Gasteiger partial charge on any atom is 0.269 e. The molecule has 0 spiro atoms. The molecule has 0 atom stereocenters. The first-order valence-corrected chi connectivity index (χ1v) is 10.6. The van der Waals surface area contributed by atoms with Crippen molar-refractivity contribution in [1.82, 2.24) is 20.1 Å². The Balaban J connectivity index is 1.79. The Bertz CT molecular complexity index is 1120. The maximum absolute atomic E-state index is 12.5. The van der Waals surface area contributed by atoms with Gasteiger partial charge in [-0.05, 0) is 30.3 Å². The highest BCUT2D eigenvalue weighted by Crippen LogP contribution is 2.25. The quantitative estimate of drug-likeness (QED) is 0.225. The number of Topliss-reactive ketones (excluding diaryl/α,β-unsaturated/α-hetero) is 1. The molecule has 1 amide bonds. The van der Waals surface area contributed by atoms with Gasteiger partial charge in [-0.25, -0.2) is 0 Å². The molecular formula is C20H18ClN5O4S. The molecule has 1 N–H and O–H groups in total. The number of aromatic nitrogens is 3. The number of thioether (sulfide) groups is 1. The molecule has 0 unspecified atom stereocenters. The highest BCUT2D eigenvalue weighted by molar-refractivity contribution is 7.99. The third kappa shape index (κ3) is 5.89. The van der Waals surface area contributed by atoms with E-state index >= 15 is 0 Å². The van der Waals surface area contributed by atoms with Crippen LogP contribution in [0, 0.1) is 10.1 Å². The van der Waals surface area contributed by atoms with Crippen LogP contribution in [-0.2, 0) is 11.2 Å². The van der Waals surface area contributed by atoms with Crippen LogP contribution in [0.1, 0.15) is 23.1 Å². The Labute approximate surface area is 187 Å². The smallest absolute Gasteiger partial charge is 0.269 e. The van der Waals surface area contributed by atoms with Gasteiger partial charge in [0.15, 0.2) is 10.9 Å². The number of hydrogen-bond acceptors (Lipinski definition) is 7. The number of ketones is 1. The number of nitrogens with zero attached hydrogens (tertiary/aromatic N) is 4. The van der Waals surface area contributed by atoms with Crippen LogP contribution >= 0.6 is 23.4 Å². The van der Waals surface area contributed by atoms with Crippen molar-refractivity contribution in [3.05, 3.63) is 75.1 Å². The number of halogens is 1. The lowest BCUT2D eigenvalue weighted by Crippen LogP contribution is -2.23. The second kappa shape index (κ2) is 10.2. The zero-order valence-corrected chi connectivity index (χ0v) is 18.0. The van der Waals surface area contributed by atoms with Crippen molar-refractivity contribution >= 4 is 40.7 Å². The van der Waals surface area contributed by atoms with E-state index in [0.29, 0.717) is 34.5 Å². The van der Waals surface area contributed by atoms with E-state index in [1.54, 1.807) is 22.8 Å². The van der Waals surface area contributed by atoms with Crippen LogP contribution in [0.15, 0.2) is 53.7 Å². The van der Waals surface area contributed by atoms with Gasteiger partial charge in [-0.3, -0.25) is 24.3 Å². The van der Waals surface area contributed by atoms with Gasteiger partial charge in [0.1, 0.15) is 5.82 Å². The number of nitrogens with one attached hydrogen (secondary N) is 1. The fraction of sp³-hybridized carbons (Fsp3) is 0.200. The van der Waals surface area contributed by atoms with Crippen LogP contribution in [0.5, 0.6) is 0 Å². The maximum atomic E-state index is 12.5. The van der Waals surface area contributed by atoms with E-state index in [0.717, 1.165) is 5.69 Å². The molecule has 31 heavy (non-hydrogen) atoms. The second-order valence-electron chi connectivity index (χ2n) is 6.46. The van der Waals surface area contributed by atoms with Crippen molar-refractivity contribution < 1.29 is 14.5 Å². The number of hydrogen-bond donors (Lipinski definition) is 1. The SMILES string of the molecule is CC(=O)NCCc1nnc(SCC(=O)c2ccc([N+](=O)[O-])cc2)n1-c1cccc(Cl)c1. The first-order valence-electron chi connectivity index (χ1n) is 9.20. The van der Waals surface area contributed by atoms with Crippen LogP contribution in [0.4, 0.5) is 5.69 Å². The average molecular weight is 460 g/mol. The van der Waals surface area contributed by atoms with Gasteiger partial charge >= 0.3 is 0 Å². The molecule has 0 saturated carbocycles. The zero-order chi connectivity index (χ0) is 22.4. The number of nitro groups is 1. The summed E-state index contributed by atoms with van der Waals surface area (Å²) in [6, 6.07) is 12.6. The largest absolute Gasteiger partial charge is 0.356 e. The standard InChI is InChI=1S/C20H18ClN5O4S/c1-13(27)22-10-9-19-23-24-20(25(19)17-4-2-3-15(21)11-17)31-12-18(28)14-5-7-16(8-6-14)26(29)30/h2-8,11H,9-10,12H2,1H3,(H,22,27). The number of amides is 1. The average Bonchev–Trinajstić information content (AvgIpc) is 3.14. The first-order chi connectivity index (χ1) is 14.8. The summed E-state index contributed by atoms with van der Waals surface area (Å²) < 4.78 is 1.79. The monoisotopic (exact) mass is 459 g/mol. The number of rotatable bonds is 9. The molecule has 1 aromatic heterocycles. The summed E-state index contributed by atoms with van der Waals surface area (Å²) in [7, 11) is 0. The Hall–Kier alpha value is -3.24. The summed E-state index contributed by atoms with van der Waals surface area (Å²) in [5.41, 5.74) is 1.03. The highest BCUT2D eigenvalue weighted by Gasteiger charge is 2.17. The molecule has 9 nitrogen and oxygen atoms in total. The van der Waals surface area contributed by atoms with Crippen molar-refractivity contribution in [3.63, 3.8) is 0 Å². The summed E-state index contributed by atoms with van der Waals surface area (Å²) in [6.07, 6.45) is 0.440. The first kappa shape index (κ1) is 22.4. The van der Waals surface area contributed by atoms with Crippen LogP contribution in [0.2, 0.25) is 5.02 Å². The highest BCUT2D eigenvalue weighted by atomic mass is 35.5. The Morgan fingerprint density at radius 2 is 1.94 bits per heavy atom. The van der Waals surface area contributed by atoms with E-state index in [-0.39, 0.29) is 23.1 Å². The van der Waals surface area contributed by atoms with Crippen molar-refractivity contribution in [2.45, 2.75) is 18.5 Å². The second-order valence-corrected chi connectivity index (χ2v) is 7.84. The summed E-state index contributed by atoms with van der Waals surface area (Å²) >= 11 is 7.33. The molecular weight excluding hydrogens is 442 g/mol. The third-order valence-corrected chi connectivity index (χ3v) is 5.39. The van der Waals surface area contributed by atoms with Crippen LogP contribution < -0.4 is 5.32 Å². The Morgan fingerprint density at radius 1 is 1.19 bits per heavy atom. The lowest BCUT2D eigenvalue weighted by atomic mass is 10.1. The fourth-order valence-electron chi connectivity index (χ4n) is 2.76. The Kier molecular flexibility index (Phi) is 7.37. The van der Waals surface area contributed by atoms with E-state index in [2.05, 4.69) is 15.5 Å². The van der Waals surface area contributed by atoms with Gasteiger partial charge in [0.2, 0.25) is 5.91 Å². The topological polar surface area (TPSA) is 120 Å². The van der Waals surface area contributed by atoms with Crippen LogP contribution in [0.3, 0.4) is 0 Å². The van der Waals surface area contributed by atoms with Gasteiger partial charge in [-0.1, -0.05) is 29.4 Å². The number of carbonyl (C=O) groups is 2. The van der Waals surface area contributed by atoms with Gasteiger partial charge in [0, 0.05) is 42.6 Å². The molecule has 0 radical (unpaired) electrons. The number of carbonyl (C=O) groups excluding carboxylic acids is 2. The lowest BCUT2D eigenvalue weighted by molar-refractivity contribution is -0.384. The molecule has 0 aliphatic carbocycles. The molecule has 2 aromatic carbocycles. The predicted molar refractivity (Wildman–Crippen MR) is 117 cm³/mol. The van der Waals surface area contributed by atoms with Crippen molar-refractivity contribution in [3.8, 4) is 5.69 Å².